The van der Waals surface area contributed by atoms with Gasteiger partial charge in [0, 0.05) is 51.3 Å². The van der Waals surface area contributed by atoms with Crippen LogP contribution in [-0.4, -0.2) is 110 Å². The number of likely N-dealkylation sites (N-methyl/N-ethyl adjacent to an activating group) is 1. The molecule has 2 saturated heterocycles. The number of morpholine rings is 1. The van der Waals surface area contributed by atoms with E-state index < -0.39 is 5.60 Å². The zero-order valence-corrected chi connectivity index (χ0v) is 23.5. The van der Waals surface area contributed by atoms with E-state index in [4.69, 9.17) is 21.1 Å². The van der Waals surface area contributed by atoms with Crippen LogP contribution in [0.25, 0.3) is 0 Å². The first-order valence-electron chi connectivity index (χ1n) is 13.2. The number of benzene rings is 2. The zero-order valence-electron chi connectivity index (χ0n) is 22.7. The average Bonchev–Trinajstić information content (AvgIpc) is 2.91. The Hall–Kier alpha value is -2.65. The highest BCUT2D eigenvalue weighted by Gasteiger charge is 2.42. The van der Waals surface area contributed by atoms with Crippen molar-refractivity contribution in [2.45, 2.75) is 25.5 Å². The standard InChI is InChI=1S/C29H39ClN4O4/c1-23-17-25(9-10-26(23)30)37-22-29(18-27(35)32(3)19-24-7-5-4-6-8-24)21-34(15-16-38-29)28(36)20-33-13-11-31(2)12-14-33/h4-10,17H,11-16,18-22H2,1-3H3/t29-/m0/s1. The van der Waals surface area contributed by atoms with Gasteiger partial charge in [0.2, 0.25) is 11.8 Å². The molecule has 2 aliphatic rings. The molecule has 0 radical (unpaired) electrons. The van der Waals surface area contributed by atoms with E-state index in [1.165, 1.54) is 0 Å². The molecule has 2 aromatic carbocycles. The molecule has 2 amide bonds. The van der Waals surface area contributed by atoms with Crippen molar-refractivity contribution in [3.05, 3.63) is 64.7 Å². The number of rotatable bonds is 9. The van der Waals surface area contributed by atoms with Gasteiger partial charge in [-0.25, -0.2) is 0 Å². The molecule has 9 heteroatoms. The van der Waals surface area contributed by atoms with Crippen molar-refractivity contribution in [1.82, 2.24) is 19.6 Å². The largest absolute Gasteiger partial charge is 0.490 e. The Balaban J connectivity index is 1.46. The number of ether oxygens (including phenoxy) is 2. The maximum Gasteiger partial charge on any atom is 0.236 e. The molecule has 2 aromatic rings. The van der Waals surface area contributed by atoms with E-state index in [-0.39, 0.29) is 24.8 Å². The second-order valence-corrected chi connectivity index (χ2v) is 10.9. The third-order valence-electron chi connectivity index (χ3n) is 7.35. The molecule has 0 aromatic heterocycles. The van der Waals surface area contributed by atoms with Crippen LogP contribution in [0, 0.1) is 6.92 Å². The maximum atomic E-state index is 13.4. The quantitative estimate of drug-likeness (QED) is 0.485. The summed E-state index contributed by atoms with van der Waals surface area (Å²) in [6, 6.07) is 15.4. The lowest BCUT2D eigenvalue weighted by Gasteiger charge is -2.43. The van der Waals surface area contributed by atoms with Crippen molar-refractivity contribution < 1.29 is 19.1 Å². The van der Waals surface area contributed by atoms with E-state index in [0.717, 1.165) is 37.3 Å². The first-order valence-corrected chi connectivity index (χ1v) is 13.6. The van der Waals surface area contributed by atoms with Crippen LogP contribution >= 0.6 is 11.6 Å². The molecular formula is C29H39ClN4O4. The molecule has 38 heavy (non-hydrogen) atoms. The number of hydrogen-bond donors (Lipinski definition) is 0. The van der Waals surface area contributed by atoms with E-state index in [0.29, 0.717) is 43.6 Å². The molecule has 1 atom stereocenters. The molecule has 2 heterocycles. The first kappa shape index (κ1) is 28.4. The van der Waals surface area contributed by atoms with Crippen molar-refractivity contribution in [2.24, 2.45) is 0 Å². The van der Waals surface area contributed by atoms with Crippen molar-refractivity contribution in [3.8, 4) is 5.75 Å². The van der Waals surface area contributed by atoms with E-state index in [2.05, 4.69) is 16.8 Å². The van der Waals surface area contributed by atoms with Crippen LogP contribution in [0.1, 0.15) is 17.5 Å². The van der Waals surface area contributed by atoms with Crippen molar-refractivity contribution in [1.29, 1.82) is 0 Å². The van der Waals surface area contributed by atoms with Crippen LogP contribution in [0.15, 0.2) is 48.5 Å². The fraction of sp³-hybridized carbons (Fsp3) is 0.517. The van der Waals surface area contributed by atoms with Gasteiger partial charge in [-0.05, 0) is 43.3 Å². The average molecular weight is 543 g/mol. The molecule has 4 rings (SSSR count). The van der Waals surface area contributed by atoms with Crippen LogP contribution in [0.2, 0.25) is 5.02 Å². The lowest BCUT2D eigenvalue weighted by atomic mass is 9.96. The minimum absolute atomic E-state index is 0.0573. The molecule has 0 unspecified atom stereocenters. The highest BCUT2D eigenvalue weighted by Crippen LogP contribution is 2.27. The Morgan fingerprint density at radius 2 is 1.82 bits per heavy atom. The minimum atomic E-state index is -0.953. The van der Waals surface area contributed by atoms with Crippen LogP contribution in [0.4, 0.5) is 0 Å². The Labute approximate surface area is 231 Å². The molecule has 0 N–H and O–H groups in total. The van der Waals surface area contributed by atoms with Gasteiger partial charge < -0.3 is 24.2 Å². The SMILES string of the molecule is Cc1cc(OC[C@]2(CC(=O)N(C)Cc3ccccc3)CN(C(=O)CN3CCN(C)CC3)CCO2)ccc1Cl. The van der Waals surface area contributed by atoms with E-state index in [1.54, 1.807) is 18.0 Å². The predicted octanol–water partition coefficient (Wildman–Crippen LogP) is 2.92. The van der Waals surface area contributed by atoms with E-state index >= 15 is 0 Å². The molecule has 8 nitrogen and oxygen atoms in total. The van der Waals surface area contributed by atoms with Crippen LogP contribution in [0.5, 0.6) is 5.75 Å². The van der Waals surface area contributed by atoms with Gasteiger partial charge in [-0.15, -0.1) is 0 Å². The third kappa shape index (κ3) is 7.69. The Kier molecular flexibility index (Phi) is 9.65. The number of carbonyl (C=O) groups is 2. The topological polar surface area (TPSA) is 65.6 Å². The summed E-state index contributed by atoms with van der Waals surface area (Å²) in [7, 11) is 3.90. The molecule has 0 aliphatic carbocycles. The normalized spacial score (nSPS) is 20.8. The second-order valence-electron chi connectivity index (χ2n) is 10.5. The van der Waals surface area contributed by atoms with E-state index in [9.17, 15) is 9.59 Å². The smallest absolute Gasteiger partial charge is 0.236 e. The van der Waals surface area contributed by atoms with Crippen LogP contribution < -0.4 is 4.74 Å². The summed E-state index contributed by atoms with van der Waals surface area (Å²) in [5.74, 6) is 0.661. The summed E-state index contributed by atoms with van der Waals surface area (Å²) in [6.07, 6.45) is 0.112. The summed E-state index contributed by atoms with van der Waals surface area (Å²) < 4.78 is 12.4. The number of aryl methyl sites for hydroxylation is 1. The Morgan fingerprint density at radius 3 is 2.53 bits per heavy atom. The molecule has 2 fully saturated rings. The van der Waals surface area contributed by atoms with Gasteiger partial charge >= 0.3 is 0 Å². The molecule has 0 saturated carbocycles. The van der Waals surface area contributed by atoms with Gasteiger partial charge in [0.25, 0.3) is 0 Å². The maximum absolute atomic E-state index is 13.4. The number of carbonyl (C=O) groups excluding carboxylic acids is 2. The summed E-state index contributed by atoms with van der Waals surface area (Å²) >= 11 is 6.19. The van der Waals surface area contributed by atoms with Crippen molar-refractivity contribution in [3.63, 3.8) is 0 Å². The lowest BCUT2D eigenvalue weighted by molar-refractivity contribution is -0.166. The summed E-state index contributed by atoms with van der Waals surface area (Å²) in [5.41, 5.74) is 1.01. The Morgan fingerprint density at radius 1 is 1.08 bits per heavy atom. The molecule has 206 valence electrons. The molecular weight excluding hydrogens is 504 g/mol. The number of piperazine rings is 1. The molecule has 0 spiro atoms. The highest BCUT2D eigenvalue weighted by atomic mass is 35.5. The molecule has 2 aliphatic heterocycles. The summed E-state index contributed by atoms with van der Waals surface area (Å²) in [6.45, 7) is 7.77. The summed E-state index contributed by atoms with van der Waals surface area (Å²) in [5, 5.41) is 0.666. The van der Waals surface area contributed by atoms with Gasteiger partial charge in [0.15, 0.2) is 0 Å². The van der Waals surface area contributed by atoms with E-state index in [1.807, 2.05) is 54.3 Å². The third-order valence-corrected chi connectivity index (χ3v) is 7.77. The monoisotopic (exact) mass is 542 g/mol. The Bertz CT molecular complexity index is 1090. The van der Waals surface area contributed by atoms with Gasteiger partial charge in [0.1, 0.15) is 18.0 Å². The fourth-order valence-electron chi connectivity index (χ4n) is 4.88. The zero-order chi connectivity index (χ0) is 27.1. The van der Waals surface area contributed by atoms with Crippen molar-refractivity contribution in [2.75, 3.05) is 73.1 Å². The van der Waals surface area contributed by atoms with Gasteiger partial charge in [-0.1, -0.05) is 41.9 Å². The predicted molar refractivity (Wildman–Crippen MR) is 148 cm³/mol. The number of hydrogen-bond acceptors (Lipinski definition) is 6. The van der Waals surface area contributed by atoms with Gasteiger partial charge in [-0.3, -0.25) is 14.5 Å². The van der Waals surface area contributed by atoms with Crippen LogP contribution in [-0.2, 0) is 20.9 Å². The first-order chi connectivity index (χ1) is 18.2. The van der Waals surface area contributed by atoms with Gasteiger partial charge in [-0.2, -0.15) is 0 Å². The minimum Gasteiger partial charge on any atom is -0.490 e. The van der Waals surface area contributed by atoms with Crippen LogP contribution in [0.3, 0.4) is 0 Å². The van der Waals surface area contributed by atoms with Gasteiger partial charge in [0.05, 0.1) is 26.1 Å². The highest BCUT2D eigenvalue weighted by molar-refractivity contribution is 6.31. The number of halogens is 1. The fourth-order valence-corrected chi connectivity index (χ4v) is 5.00. The molecule has 0 bridgehead atoms. The number of amides is 2. The second kappa shape index (κ2) is 12.9. The van der Waals surface area contributed by atoms with Crippen molar-refractivity contribution >= 4 is 23.4 Å². The number of nitrogens with zero attached hydrogens (tertiary/aromatic N) is 4. The summed E-state index contributed by atoms with van der Waals surface area (Å²) in [4.78, 5) is 34.7. The lowest BCUT2D eigenvalue weighted by Crippen LogP contribution is -2.59.